The van der Waals surface area contributed by atoms with Crippen molar-refractivity contribution in [2.75, 3.05) is 0 Å². The van der Waals surface area contributed by atoms with Crippen molar-refractivity contribution in [1.29, 1.82) is 0 Å². The van der Waals surface area contributed by atoms with Crippen LogP contribution in [0.2, 0.25) is 0 Å². The van der Waals surface area contributed by atoms with E-state index in [1.165, 1.54) is 12.1 Å². The minimum atomic E-state index is -0.276. The quantitative estimate of drug-likeness (QED) is 0.679. The molecule has 1 aromatic carbocycles. The van der Waals surface area contributed by atoms with Crippen LogP contribution in [0.25, 0.3) is 22.3 Å². The third-order valence-electron chi connectivity index (χ3n) is 6.09. The third kappa shape index (κ3) is 3.85. The van der Waals surface area contributed by atoms with Crippen LogP contribution in [0.15, 0.2) is 42.6 Å². The summed E-state index contributed by atoms with van der Waals surface area (Å²) in [7, 11) is 0. The molecule has 4 rings (SSSR count). The summed E-state index contributed by atoms with van der Waals surface area (Å²) in [5.74, 6) is 0.682. The standard InChI is InChI=1S/C23H26FN3O/c1-14(25)15-5-7-16(8-6-15)22(28)12-17-9-10-26-23-20(17)13-21(27-23)18-3-2-4-19(24)11-18/h2-4,9-11,13-16H,5-8,12,25H2,1H3,(H,26,27)/t14-,15?,16?/m0/s1. The first-order valence-electron chi connectivity index (χ1n) is 10.0. The molecule has 0 unspecified atom stereocenters. The zero-order valence-electron chi connectivity index (χ0n) is 16.1. The molecule has 1 saturated carbocycles. The van der Waals surface area contributed by atoms with E-state index in [2.05, 4.69) is 16.9 Å². The highest BCUT2D eigenvalue weighted by molar-refractivity contribution is 5.91. The molecule has 146 valence electrons. The zero-order valence-corrected chi connectivity index (χ0v) is 16.1. The van der Waals surface area contributed by atoms with E-state index in [9.17, 15) is 9.18 Å². The smallest absolute Gasteiger partial charge is 0.140 e. The summed E-state index contributed by atoms with van der Waals surface area (Å²) in [5.41, 5.74) is 9.29. The van der Waals surface area contributed by atoms with Crippen LogP contribution in [0.5, 0.6) is 0 Å². The average molecular weight is 379 g/mol. The molecule has 0 bridgehead atoms. The minimum absolute atomic E-state index is 0.125. The molecule has 0 radical (unpaired) electrons. The highest BCUT2D eigenvalue weighted by Crippen LogP contribution is 2.32. The summed E-state index contributed by atoms with van der Waals surface area (Å²) < 4.78 is 13.6. The topological polar surface area (TPSA) is 71.8 Å². The number of carbonyl (C=O) groups excluding carboxylic acids is 1. The van der Waals surface area contributed by atoms with E-state index in [-0.39, 0.29) is 17.8 Å². The maximum absolute atomic E-state index is 13.6. The highest BCUT2D eigenvalue weighted by Gasteiger charge is 2.28. The number of hydrogen-bond donors (Lipinski definition) is 2. The normalized spacial score (nSPS) is 21.0. The van der Waals surface area contributed by atoms with Gasteiger partial charge in [0.05, 0.1) is 0 Å². The number of aromatic amines is 1. The first kappa shape index (κ1) is 18.8. The van der Waals surface area contributed by atoms with Gasteiger partial charge in [0.25, 0.3) is 0 Å². The number of aromatic nitrogens is 2. The molecule has 1 fully saturated rings. The molecule has 2 heterocycles. The number of Topliss-reactive ketones (excluding diaryl/α,β-unsaturated/α-hetero) is 1. The van der Waals surface area contributed by atoms with Crippen molar-refractivity contribution in [3.8, 4) is 11.3 Å². The van der Waals surface area contributed by atoms with Gasteiger partial charge in [-0.1, -0.05) is 12.1 Å². The maximum Gasteiger partial charge on any atom is 0.140 e. The molecule has 0 saturated heterocycles. The number of fused-ring (bicyclic) bond motifs is 1. The van der Waals surface area contributed by atoms with Gasteiger partial charge in [-0.25, -0.2) is 9.37 Å². The molecule has 0 aliphatic heterocycles. The maximum atomic E-state index is 13.6. The lowest BCUT2D eigenvalue weighted by molar-refractivity contribution is -0.123. The van der Waals surface area contributed by atoms with Gasteiger partial charge in [-0.15, -0.1) is 0 Å². The van der Waals surface area contributed by atoms with Crippen LogP contribution in [-0.4, -0.2) is 21.8 Å². The predicted molar refractivity (Wildman–Crippen MR) is 109 cm³/mol. The van der Waals surface area contributed by atoms with Crippen LogP contribution < -0.4 is 5.73 Å². The second kappa shape index (κ2) is 7.84. The Balaban J connectivity index is 1.54. The molecular formula is C23H26FN3O. The second-order valence-corrected chi connectivity index (χ2v) is 8.04. The van der Waals surface area contributed by atoms with Gasteiger partial charge in [-0.2, -0.15) is 0 Å². The van der Waals surface area contributed by atoms with Crippen LogP contribution >= 0.6 is 0 Å². The molecule has 0 spiro atoms. The molecular weight excluding hydrogens is 353 g/mol. The Morgan fingerprint density at radius 1 is 1.25 bits per heavy atom. The molecule has 28 heavy (non-hydrogen) atoms. The van der Waals surface area contributed by atoms with Crippen LogP contribution in [0, 0.1) is 17.7 Å². The molecule has 5 heteroatoms. The number of nitrogens with zero attached hydrogens (tertiary/aromatic N) is 1. The van der Waals surface area contributed by atoms with Crippen LogP contribution in [0.3, 0.4) is 0 Å². The number of hydrogen-bond acceptors (Lipinski definition) is 3. The Hall–Kier alpha value is -2.53. The molecule has 1 aliphatic carbocycles. The van der Waals surface area contributed by atoms with Crippen LogP contribution in [0.4, 0.5) is 4.39 Å². The Morgan fingerprint density at radius 3 is 2.75 bits per heavy atom. The fraction of sp³-hybridized carbons (Fsp3) is 0.391. The van der Waals surface area contributed by atoms with E-state index >= 15 is 0 Å². The lowest BCUT2D eigenvalue weighted by Crippen LogP contribution is -2.32. The van der Waals surface area contributed by atoms with E-state index < -0.39 is 0 Å². The van der Waals surface area contributed by atoms with Gasteiger partial charge >= 0.3 is 0 Å². The minimum Gasteiger partial charge on any atom is -0.339 e. The average Bonchev–Trinajstić information content (AvgIpc) is 3.13. The lowest BCUT2D eigenvalue weighted by atomic mass is 9.76. The monoisotopic (exact) mass is 379 g/mol. The Morgan fingerprint density at radius 2 is 2.04 bits per heavy atom. The van der Waals surface area contributed by atoms with Crippen LogP contribution in [-0.2, 0) is 11.2 Å². The number of pyridine rings is 1. The predicted octanol–water partition coefficient (Wildman–Crippen LogP) is 4.63. The van der Waals surface area contributed by atoms with Crippen molar-refractivity contribution in [2.24, 2.45) is 17.6 Å². The van der Waals surface area contributed by atoms with E-state index in [4.69, 9.17) is 5.73 Å². The molecule has 2 aromatic heterocycles. The molecule has 1 aliphatic rings. The summed E-state index contributed by atoms with van der Waals surface area (Å²) in [6.07, 6.45) is 6.07. The van der Waals surface area contributed by atoms with Crippen molar-refractivity contribution in [2.45, 2.75) is 45.1 Å². The summed E-state index contributed by atoms with van der Waals surface area (Å²) in [6.45, 7) is 2.06. The van der Waals surface area contributed by atoms with Gasteiger partial charge in [0.1, 0.15) is 17.2 Å². The Labute approximate surface area is 164 Å². The van der Waals surface area contributed by atoms with Gasteiger partial charge in [-0.05, 0) is 68.4 Å². The van der Waals surface area contributed by atoms with Gasteiger partial charge < -0.3 is 10.7 Å². The summed E-state index contributed by atoms with van der Waals surface area (Å²) in [5, 5.41) is 0.930. The molecule has 4 nitrogen and oxygen atoms in total. The molecule has 1 atom stereocenters. The van der Waals surface area contributed by atoms with Gasteiger partial charge in [0.15, 0.2) is 0 Å². The SMILES string of the molecule is C[C@H](N)C1CCC(C(=O)Cc2ccnc3[nH]c(-c4cccc(F)c4)cc23)CC1. The summed E-state index contributed by atoms with van der Waals surface area (Å²) in [6, 6.07) is 10.5. The highest BCUT2D eigenvalue weighted by atomic mass is 19.1. The van der Waals surface area contributed by atoms with Crippen molar-refractivity contribution in [1.82, 2.24) is 9.97 Å². The fourth-order valence-electron chi connectivity index (χ4n) is 4.35. The molecule has 3 N–H and O–H groups in total. The van der Waals surface area contributed by atoms with Crippen molar-refractivity contribution in [3.63, 3.8) is 0 Å². The van der Waals surface area contributed by atoms with Crippen molar-refractivity contribution in [3.05, 3.63) is 54.0 Å². The van der Waals surface area contributed by atoms with E-state index in [0.717, 1.165) is 53.5 Å². The lowest BCUT2D eigenvalue weighted by Gasteiger charge is -2.30. The number of nitrogens with two attached hydrogens (primary N) is 1. The number of ketones is 1. The molecule has 3 aromatic rings. The second-order valence-electron chi connectivity index (χ2n) is 8.04. The summed E-state index contributed by atoms with van der Waals surface area (Å²) in [4.78, 5) is 20.5. The summed E-state index contributed by atoms with van der Waals surface area (Å²) >= 11 is 0. The number of halogens is 1. The van der Waals surface area contributed by atoms with Gasteiger partial charge in [0, 0.05) is 41.2 Å². The fourth-order valence-corrected chi connectivity index (χ4v) is 4.35. The first-order valence-corrected chi connectivity index (χ1v) is 10.0. The van der Waals surface area contributed by atoms with E-state index in [0.29, 0.717) is 18.1 Å². The van der Waals surface area contributed by atoms with E-state index in [1.807, 2.05) is 18.2 Å². The first-order chi connectivity index (χ1) is 13.5. The van der Waals surface area contributed by atoms with E-state index in [1.54, 1.807) is 12.3 Å². The van der Waals surface area contributed by atoms with Crippen molar-refractivity contribution < 1.29 is 9.18 Å². The van der Waals surface area contributed by atoms with Crippen molar-refractivity contribution >= 4 is 16.8 Å². The zero-order chi connectivity index (χ0) is 19.7. The Kier molecular flexibility index (Phi) is 5.27. The number of H-pyrrole nitrogens is 1. The number of benzene rings is 1. The number of nitrogens with one attached hydrogen (secondary N) is 1. The van der Waals surface area contributed by atoms with Gasteiger partial charge in [-0.3, -0.25) is 4.79 Å². The number of rotatable bonds is 5. The number of carbonyl (C=O) groups is 1. The van der Waals surface area contributed by atoms with Gasteiger partial charge in [0.2, 0.25) is 0 Å². The third-order valence-corrected chi connectivity index (χ3v) is 6.09. The largest absolute Gasteiger partial charge is 0.339 e. The Bertz CT molecular complexity index is 986. The van der Waals surface area contributed by atoms with Crippen LogP contribution in [0.1, 0.15) is 38.2 Å². The molecule has 0 amide bonds.